The van der Waals surface area contributed by atoms with Gasteiger partial charge in [-0.2, -0.15) is 5.26 Å². The molecule has 0 spiro atoms. The van der Waals surface area contributed by atoms with Gasteiger partial charge in [-0.05, 0) is 11.1 Å². The summed E-state index contributed by atoms with van der Waals surface area (Å²) in [4.78, 5) is 0. The summed E-state index contributed by atoms with van der Waals surface area (Å²) in [6, 6.07) is 9.73. The molecule has 2 heteroatoms. The zero-order valence-electron chi connectivity index (χ0n) is 6.62. The quantitative estimate of drug-likeness (QED) is 0.575. The molecule has 0 heterocycles. The summed E-state index contributed by atoms with van der Waals surface area (Å²) in [5, 5.41) is 18.4. The van der Waals surface area contributed by atoms with E-state index in [1.54, 1.807) is 0 Å². The van der Waals surface area contributed by atoms with E-state index < -0.39 is 5.60 Å². The maximum atomic E-state index is 9.66. The van der Waals surface area contributed by atoms with Crippen molar-refractivity contribution in [3.63, 3.8) is 0 Å². The normalized spacial score (nSPS) is 18.3. The largest absolute Gasteiger partial charge is 0.375 e. The van der Waals surface area contributed by atoms with Gasteiger partial charge in [0.15, 0.2) is 5.60 Å². The second-order valence-corrected chi connectivity index (χ2v) is 3.27. The van der Waals surface area contributed by atoms with Crippen molar-refractivity contribution in [3.8, 4) is 6.07 Å². The van der Waals surface area contributed by atoms with Gasteiger partial charge in [-0.1, -0.05) is 24.3 Å². The van der Waals surface area contributed by atoms with Crippen LogP contribution in [0.25, 0.3) is 0 Å². The van der Waals surface area contributed by atoms with Gasteiger partial charge in [-0.3, -0.25) is 0 Å². The molecule has 0 radical (unpaired) electrons. The van der Waals surface area contributed by atoms with Gasteiger partial charge in [-0.25, -0.2) is 0 Å². The van der Waals surface area contributed by atoms with E-state index in [0.717, 1.165) is 11.1 Å². The first-order chi connectivity index (χ1) is 5.73. The van der Waals surface area contributed by atoms with E-state index in [-0.39, 0.29) is 0 Å². The number of benzene rings is 1. The third-order valence-electron chi connectivity index (χ3n) is 2.29. The van der Waals surface area contributed by atoms with Gasteiger partial charge in [-0.15, -0.1) is 0 Å². The molecule has 2 rings (SSSR count). The van der Waals surface area contributed by atoms with Crippen molar-refractivity contribution < 1.29 is 5.11 Å². The van der Waals surface area contributed by atoms with E-state index in [1.807, 2.05) is 30.3 Å². The topological polar surface area (TPSA) is 44.0 Å². The van der Waals surface area contributed by atoms with Crippen molar-refractivity contribution in [2.45, 2.75) is 18.4 Å². The van der Waals surface area contributed by atoms with Crippen LogP contribution in [0, 0.1) is 11.3 Å². The molecule has 1 N–H and O–H groups in total. The lowest BCUT2D eigenvalue weighted by Crippen LogP contribution is -2.26. The van der Waals surface area contributed by atoms with Crippen molar-refractivity contribution >= 4 is 0 Å². The van der Waals surface area contributed by atoms with Crippen LogP contribution in [0.15, 0.2) is 24.3 Å². The Kier molecular flexibility index (Phi) is 1.42. The standard InChI is InChI=1S/C10H9NO/c11-7-10(12)5-8-3-1-2-4-9(8)6-10/h1-4,12H,5-6H2. The van der Waals surface area contributed by atoms with Crippen molar-refractivity contribution in [2.24, 2.45) is 0 Å². The Bertz CT molecular complexity index is 326. The number of hydrogen-bond donors (Lipinski definition) is 1. The fourth-order valence-corrected chi connectivity index (χ4v) is 1.67. The number of aliphatic hydroxyl groups is 1. The molecule has 0 saturated heterocycles. The molecular formula is C10H9NO. The van der Waals surface area contributed by atoms with E-state index >= 15 is 0 Å². The van der Waals surface area contributed by atoms with Crippen LogP contribution in [0.5, 0.6) is 0 Å². The molecule has 0 unspecified atom stereocenters. The molecule has 1 aliphatic rings. The van der Waals surface area contributed by atoms with Gasteiger partial charge in [0.1, 0.15) is 0 Å². The lowest BCUT2D eigenvalue weighted by Gasteiger charge is -2.09. The Hall–Kier alpha value is -1.33. The molecule has 1 aliphatic carbocycles. The fraction of sp³-hybridized carbons (Fsp3) is 0.300. The lowest BCUT2D eigenvalue weighted by atomic mass is 10.0. The molecule has 0 aliphatic heterocycles. The average molecular weight is 159 g/mol. The predicted octanol–water partition coefficient (Wildman–Crippen LogP) is 1.04. The molecule has 0 atom stereocenters. The molecule has 2 nitrogen and oxygen atoms in total. The maximum absolute atomic E-state index is 9.66. The monoisotopic (exact) mass is 159 g/mol. The summed E-state index contributed by atoms with van der Waals surface area (Å²) < 4.78 is 0. The zero-order chi connectivity index (χ0) is 8.60. The van der Waals surface area contributed by atoms with E-state index in [0.29, 0.717) is 12.8 Å². The predicted molar refractivity (Wildman–Crippen MR) is 44.4 cm³/mol. The van der Waals surface area contributed by atoms with Crippen molar-refractivity contribution in [1.82, 2.24) is 0 Å². The van der Waals surface area contributed by atoms with Crippen molar-refractivity contribution in [1.29, 1.82) is 5.26 Å². The number of hydrogen-bond acceptors (Lipinski definition) is 2. The molecule has 0 aromatic heterocycles. The van der Waals surface area contributed by atoms with E-state index in [2.05, 4.69) is 0 Å². The van der Waals surface area contributed by atoms with Gasteiger partial charge in [0.05, 0.1) is 6.07 Å². The molecular weight excluding hydrogens is 150 g/mol. The molecule has 12 heavy (non-hydrogen) atoms. The number of nitrogens with zero attached hydrogens (tertiary/aromatic N) is 1. The van der Waals surface area contributed by atoms with Crippen molar-refractivity contribution in [3.05, 3.63) is 35.4 Å². The van der Waals surface area contributed by atoms with Gasteiger partial charge in [0.25, 0.3) is 0 Å². The molecule has 1 aromatic rings. The molecule has 0 saturated carbocycles. The summed E-state index contributed by atoms with van der Waals surface area (Å²) >= 11 is 0. The smallest absolute Gasteiger partial charge is 0.159 e. The number of rotatable bonds is 0. The summed E-state index contributed by atoms with van der Waals surface area (Å²) in [5.41, 5.74) is 1.05. The molecule has 60 valence electrons. The van der Waals surface area contributed by atoms with E-state index in [9.17, 15) is 5.11 Å². The van der Waals surface area contributed by atoms with E-state index in [1.165, 1.54) is 0 Å². The number of fused-ring (bicyclic) bond motifs is 1. The summed E-state index contributed by atoms with van der Waals surface area (Å²) in [6.45, 7) is 0. The lowest BCUT2D eigenvalue weighted by molar-refractivity contribution is 0.111. The second kappa shape index (κ2) is 2.33. The highest BCUT2D eigenvalue weighted by molar-refractivity contribution is 5.37. The van der Waals surface area contributed by atoms with Crippen LogP contribution >= 0.6 is 0 Å². The van der Waals surface area contributed by atoms with Gasteiger partial charge >= 0.3 is 0 Å². The van der Waals surface area contributed by atoms with Crippen LogP contribution < -0.4 is 0 Å². The molecule has 0 bridgehead atoms. The van der Waals surface area contributed by atoms with Crippen LogP contribution in [0.3, 0.4) is 0 Å². The first-order valence-electron chi connectivity index (χ1n) is 3.94. The minimum Gasteiger partial charge on any atom is -0.375 e. The second-order valence-electron chi connectivity index (χ2n) is 3.27. The Morgan fingerprint density at radius 1 is 1.25 bits per heavy atom. The van der Waals surface area contributed by atoms with Crippen LogP contribution in [0.2, 0.25) is 0 Å². The van der Waals surface area contributed by atoms with Crippen molar-refractivity contribution in [2.75, 3.05) is 0 Å². The molecule has 0 amide bonds. The molecule has 0 fully saturated rings. The average Bonchev–Trinajstić information content (AvgIpc) is 2.42. The van der Waals surface area contributed by atoms with Gasteiger partial charge in [0.2, 0.25) is 0 Å². The first-order valence-corrected chi connectivity index (χ1v) is 3.94. The Balaban J connectivity index is 2.41. The maximum Gasteiger partial charge on any atom is 0.159 e. The Morgan fingerprint density at radius 2 is 1.75 bits per heavy atom. The minimum absolute atomic E-state index is 0.472. The van der Waals surface area contributed by atoms with Crippen LogP contribution in [-0.2, 0) is 12.8 Å². The van der Waals surface area contributed by atoms with Crippen LogP contribution in [-0.4, -0.2) is 10.7 Å². The summed E-state index contributed by atoms with van der Waals surface area (Å²) in [7, 11) is 0. The highest BCUT2D eigenvalue weighted by atomic mass is 16.3. The highest BCUT2D eigenvalue weighted by Gasteiger charge is 2.34. The van der Waals surface area contributed by atoms with E-state index in [4.69, 9.17) is 5.26 Å². The Labute approximate surface area is 71.1 Å². The summed E-state index contributed by atoms with van der Waals surface area (Å²) in [6.07, 6.45) is 0.944. The first kappa shape index (κ1) is 7.33. The number of nitriles is 1. The van der Waals surface area contributed by atoms with Gasteiger partial charge in [0, 0.05) is 12.8 Å². The van der Waals surface area contributed by atoms with Crippen LogP contribution in [0.4, 0.5) is 0 Å². The molecule has 1 aromatic carbocycles. The van der Waals surface area contributed by atoms with Gasteiger partial charge < -0.3 is 5.11 Å². The third kappa shape index (κ3) is 0.992. The minimum atomic E-state index is -1.15. The fourth-order valence-electron chi connectivity index (χ4n) is 1.67. The highest BCUT2D eigenvalue weighted by Crippen LogP contribution is 2.28. The van der Waals surface area contributed by atoms with Crippen LogP contribution in [0.1, 0.15) is 11.1 Å². The third-order valence-corrected chi connectivity index (χ3v) is 2.29. The Morgan fingerprint density at radius 3 is 2.17 bits per heavy atom. The summed E-state index contributed by atoms with van der Waals surface area (Å²) in [5.74, 6) is 0. The SMILES string of the molecule is N#CC1(O)Cc2ccccc2C1. The zero-order valence-corrected chi connectivity index (χ0v) is 6.62.